The van der Waals surface area contributed by atoms with Gasteiger partial charge < -0.3 is 9.47 Å². The van der Waals surface area contributed by atoms with E-state index in [1.54, 1.807) is 0 Å². The molecule has 0 aromatic carbocycles. The Labute approximate surface area is 107 Å². The minimum absolute atomic E-state index is 0.271. The number of esters is 1. The number of thiol groups is 1. The van der Waals surface area contributed by atoms with Gasteiger partial charge in [-0.25, -0.2) is 0 Å². The first kappa shape index (κ1) is 14.3. The Morgan fingerprint density at radius 2 is 2.24 bits per heavy atom. The normalized spacial score (nSPS) is 20.3. The largest absolute Gasteiger partial charge is 0.461 e. The van der Waals surface area contributed by atoms with Crippen molar-refractivity contribution in [1.29, 1.82) is 5.26 Å². The molecule has 1 fully saturated rings. The Morgan fingerprint density at radius 3 is 2.76 bits per heavy atom. The molecule has 0 aromatic heterocycles. The predicted octanol–water partition coefficient (Wildman–Crippen LogP) is 0.462. The molecule has 0 aromatic rings. The first-order valence-electron chi connectivity index (χ1n) is 5.67. The van der Waals surface area contributed by atoms with Crippen LogP contribution in [0.3, 0.4) is 0 Å². The lowest BCUT2D eigenvalue weighted by Crippen LogP contribution is -2.42. The first-order valence-corrected chi connectivity index (χ1v) is 6.18. The fourth-order valence-corrected chi connectivity index (χ4v) is 2.00. The van der Waals surface area contributed by atoms with Gasteiger partial charge in [0.2, 0.25) is 0 Å². The van der Waals surface area contributed by atoms with Gasteiger partial charge in [-0.15, -0.1) is 0 Å². The number of carbonyl (C=O) groups is 1. The average molecular weight is 258 g/mol. The van der Waals surface area contributed by atoms with Crippen LogP contribution in [0, 0.1) is 11.3 Å². The van der Waals surface area contributed by atoms with E-state index in [1.165, 1.54) is 6.92 Å². The van der Waals surface area contributed by atoms with E-state index in [0.29, 0.717) is 26.2 Å². The molecule has 5 nitrogen and oxygen atoms in total. The van der Waals surface area contributed by atoms with Crippen LogP contribution in [0.1, 0.15) is 13.3 Å². The van der Waals surface area contributed by atoms with Crippen LogP contribution in [0.4, 0.5) is 0 Å². The molecule has 6 heteroatoms. The number of carbonyl (C=O) groups excluding carboxylic acids is 1. The third kappa shape index (κ3) is 5.91. The predicted molar refractivity (Wildman–Crippen MR) is 65.8 cm³/mol. The highest BCUT2D eigenvalue weighted by molar-refractivity contribution is 7.81. The first-order chi connectivity index (χ1) is 8.11. The van der Waals surface area contributed by atoms with Crippen molar-refractivity contribution in [2.24, 2.45) is 0 Å². The van der Waals surface area contributed by atoms with E-state index in [2.05, 4.69) is 17.5 Å². The molecular formula is C11H18N2O3S. The second kappa shape index (κ2) is 7.54. The summed E-state index contributed by atoms with van der Waals surface area (Å²) in [4.78, 5) is 13.2. The Kier molecular flexibility index (Phi) is 6.34. The number of nitrogens with zero attached hydrogens (tertiary/aromatic N) is 2. The van der Waals surface area contributed by atoms with Gasteiger partial charge in [0.05, 0.1) is 24.5 Å². The molecule has 0 saturated carbocycles. The third-order valence-corrected chi connectivity index (χ3v) is 2.86. The van der Waals surface area contributed by atoms with Gasteiger partial charge in [-0.05, 0) is 0 Å². The quantitative estimate of drug-likeness (QED) is 0.573. The SMILES string of the molecule is CC(=O)OC(CC(S)C#N)CN1CCOCC1. The fourth-order valence-electron chi connectivity index (χ4n) is 1.77. The zero-order valence-corrected chi connectivity index (χ0v) is 10.9. The van der Waals surface area contributed by atoms with Crippen LogP contribution in [-0.2, 0) is 14.3 Å². The molecule has 0 aliphatic carbocycles. The minimum atomic E-state index is -0.402. The second-order valence-electron chi connectivity index (χ2n) is 4.03. The Balaban J connectivity index is 2.44. The van der Waals surface area contributed by atoms with Crippen molar-refractivity contribution in [3.8, 4) is 6.07 Å². The van der Waals surface area contributed by atoms with Crippen molar-refractivity contribution in [3.63, 3.8) is 0 Å². The van der Waals surface area contributed by atoms with E-state index < -0.39 is 5.25 Å². The topological polar surface area (TPSA) is 62.6 Å². The summed E-state index contributed by atoms with van der Waals surface area (Å²) in [6.07, 6.45) is 0.184. The average Bonchev–Trinajstić information content (AvgIpc) is 2.29. The van der Waals surface area contributed by atoms with Gasteiger partial charge in [-0.2, -0.15) is 17.9 Å². The maximum absolute atomic E-state index is 11.0. The molecule has 1 saturated heterocycles. The van der Waals surface area contributed by atoms with E-state index in [1.807, 2.05) is 6.07 Å². The summed E-state index contributed by atoms with van der Waals surface area (Å²) in [7, 11) is 0. The van der Waals surface area contributed by atoms with Gasteiger partial charge in [-0.3, -0.25) is 9.69 Å². The third-order valence-electron chi connectivity index (χ3n) is 2.53. The van der Waals surface area contributed by atoms with Crippen LogP contribution in [0.2, 0.25) is 0 Å². The monoisotopic (exact) mass is 258 g/mol. The van der Waals surface area contributed by atoms with Crippen LogP contribution in [0.15, 0.2) is 0 Å². The molecule has 2 atom stereocenters. The van der Waals surface area contributed by atoms with Gasteiger partial charge in [0.25, 0.3) is 0 Å². The molecule has 0 amide bonds. The van der Waals surface area contributed by atoms with Crippen molar-refractivity contribution in [2.75, 3.05) is 32.8 Å². The molecule has 96 valence electrons. The number of rotatable bonds is 5. The van der Waals surface area contributed by atoms with Crippen molar-refractivity contribution >= 4 is 18.6 Å². The van der Waals surface area contributed by atoms with Crippen molar-refractivity contribution < 1.29 is 14.3 Å². The molecule has 0 bridgehead atoms. The summed E-state index contributed by atoms with van der Waals surface area (Å²) in [5, 5.41) is 8.32. The van der Waals surface area contributed by atoms with Gasteiger partial charge in [0, 0.05) is 33.0 Å². The van der Waals surface area contributed by atoms with Crippen molar-refractivity contribution in [2.45, 2.75) is 24.7 Å². The second-order valence-corrected chi connectivity index (χ2v) is 4.65. The van der Waals surface area contributed by atoms with Crippen LogP contribution in [0.5, 0.6) is 0 Å². The molecule has 0 radical (unpaired) electrons. The maximum Gasteiger partial charge on any atom is 0.302 e. The smallest absolute Gasteiger partial charge is 0.302 e. The molecule has 2 unspecified atom stereocenters. The summed E-state index contributed by atoms with van der Waals surface area (Å²) in [6.45, 7) is 5.10. The van der Waals surface area contributed by atoms with Gasteiger partial charge in [0.1, 0.15) is 6.10 Å². The molecule has 1 aliphatic rings. The van der Waals surface area contributed by atoms with Crippen LogP contribution in [-0.4, -0.2) is 55.1 Å². The molecular weight excluding hydrogens is 240 g/mol. The Morgan fingerprint density at radius 1 is 1.59 bits per heavy atom. The van der Waals surface area contributed by atoms with E-state index in [-0.39, 0.29) is 12.1 Å². The van der Waals surface area contributed by atoms with E-state index >= 15 is 0 Å². The summed E-state index contributed by atoms with van der Waals surface area (Å²) in [5.41, 5.74) is 0. The summed E-state index contributed by atoms with van der Waals surface area (Å²) < 4.78 is 10.5. The Hall–Kier alpha value is -0.770. The van der Waals surface area contributed by atoms with Crippen LogP contribution >= 0.6 is 12.6 Å². The Bertz CT molecular complexity index is 287. The molecule has 1 heterocycles. The highest BCUT2D eigenvalue weighted by atomic mass is 32.1. The number of nitriles is 1. The number of hydrogen-bond acceptors (Lipinski definition) is 6. The lowest BCUT2D eigenvalue weighted by atomic mass is 10.2. The zero-order valence-electron chi connectivity index (χ0n) is 9.96. The maximum atomic E-state index is 11.0. The van der Waals surface area contributed by atoms with E-state index in [0.717, 1.165) is 13.1 Å². The summed E-state index contributed by atoms with van der Waals surface area (Å²) in [5.74, 6) is -0.318. The van der Waals surface area contributed by atoms with Gasteiger partial charge >= 0.3 is 5.97 Å². The van der Waals surface area contributed by atoms with E-state index in [4.69, 9.17) is 14.7 Å². The van der Waals surface area contributed by atoms with Gasteiger partial charge in [0.15, 0.2) is 0 Å². The molecule has 0 spiro atoms. The zero-order chi connectivity index (χ0) is 12.7. The van der Waals surface area contributed by atoms with E-state index in [9.17, 15) is 4.79 Å². The van der Waals surface area contributed by atoms with Crippen molar-refractivity contribution in [1.82, 2.24) is 4.90 Å². The fraction of sp³-hybridized carbons (Fsp3) is 0.818. The number of morpholine rings is 1. The summed E-state index contributed by atoms with van der Waals surface area (Å²) in [6, 6.07) is 2.04. The summed E-state index contributed by atoms with van der Waals surface area (Å²) >= 11 is 4.11. The number of ether oxygens (including phenoxy) is 2. The minimum Gasteiger partial charge on any atom is -0.461 e. The molecule has 1 aliphatic heterocycles. The number of hydrogen-bond donors (Lipinski definition) is 1. The van der Waals surface area contributed by atoms with Crippen LogP contribution in [0.25, 0.3) is 0 Å². The highest BCUT2D eigenvalue weighted by Crippen LogP contribution is 2.11. The molecule has 0 N–H and O–H groups in total. The highest BCUT2D eigenvalue weighted by Gasteiger charge is 2.21. The standard InChI is InChI=1S/C11H18N2O3S/c1-9(14)16-10(6-11(17)7-12)8-13-2-4-15-5-3-13/h10-11,17H,2-6,8H2,1H3. The lowest BCUT2D eigenvalue weighted by Gasteiger charge is -2.30. The molecule has 17 heavy (non-hydrogen) atoms. The van der Waals surface area contributed by atoms with Crippen LogP contribution < -0.4 is 0 Å². The van der Waals surface area contributed by atoms with Crippen molar-refractivity contribution in [3.05, 3.63) is 0 Å². The lowest BCUT2D eigenvalue weighted by molar-refractivity contribution is -0.147. The molecule has 1 rings (SSSR count). The van der Waals surface area contributed by atoms with Gasteiger partial charge in [-0.1, -0.05) is 0 Å².